The quantitative estimate of drug-likeness (QED) is 0.415. The summed E-state index contributed by atoms with van der Waals surface area (Å²) >= 11 is 1.29. The van der Waals surface area contributed by atoms with E-state index in [9.17, 15) is 9.59 Å². The van der Waals surface area contributed by atoms with Gasteiger partial charge < -0.3 is 9.47 Å². The number of carbonyl (C=O) groups is 2. The van der Waals surface area contributed by atoms with Crippen LogP contribution in [0.4, 0.5) is 10.8 Å². The second-order valence-electron chi connectivity index (χ2n) is 7.24. The Morgan fingerprint density at radius 3 is 2.53 bits per heavy atom. The molecule has 0 unspecified atom stereocenters. The monoisotopic (exact) mass is 447 g/mol. The fourth-order valence-corrected chi connectivity index (χ4v) is 3.99. The lowest BCUT2D eigenvalue weighted by Gasteiger charge is -2.18. The van der Waals surface area contributed by atoms with Crippen molar-refractivity contribution in [1.82, 2.24) is 4.98 Å². The van der Waals surface area contributed by atoms with Crippen LogP contribution in [-0.2, 0) is 14.3 Å². The van der Waals surface area contributed by atoms with Gasteiger partial charge in [-0.15, -0.1) is 11.3 Å². The molecule has 0 saturated carbocycles. The molecule has 0 bridgehead atoms. The van der Waals surface area contributed by atoms with Gasteiger partial charge in [0.1, 0.15) is 5.75 Å². The van der Waals surface area contributed by atoms with Crippen molar-refractivity contribution in [1.29, 1.82) is 0 Å². The van der Waals surface area contributed by atoms with Crippen LogP contribution in [0, 0.1) is 13.8 Å². The van der Waals surface area contributed by atoms with Gasteiger partial charge in [-0.3, -0.25) is 9.69 Å². The Labute approximate surface area is 189 Å². The molecule has 8 heteroatoms. The van der Waals surface area contributed by atoms with Crippen molar-refractivity contribution in [3.8, 4) is 5.75 Å². The molecule has 7 nitrogen and oxygen atoms in total. The van der Waals surface area contributed by atoms with E-state index in [1.807, 2.05) is 32.0 Å². The zero-order valence-corrected chi connectivity index (χ0v) is 18.9. The van der Waals surface area contributed by atoms with E-state index in [1.54, 1.807) is 42.8 Å². The highest BCUT2D eigenvalue weighted by Crippen LogP contribution is 2.31. The van der Waals surface area contributed by atoms with Gasteiger partial charge in [-0.25, -0.2) is 14.8 Å². The van der Waals surface area contributed by atoms with Crippen LogP contribution in [0.2, 0.25) is 0 Å². The number of anilines is 2. The Balaban J connectivity index is 1.62. The maximum Gasteiger partial charge on any atom is 0.363 e. The van der Waals surface area contributed by atoms with E-state index < -0.39 is 5.97 Å². The number of carbonyl (C=O) groups excluding carboxylic acids is 2. The lowest BCUT2D eigenvalue weighted by molar-refractivity contribution is -0.130. The third-order valence-corrected chi connectivity index (χ3v) is 5.85. The van der Waals surface area contributed by atoms with Gasteiger partial charge in [0.05, 0.1) is 18.5 Å². The zero-order valence-electron chi connectivity index (χ0n) is 18.1. The topological polar surface area (TPSA) is 81.1 Å². The number of hydrogen-bond acceptors (Lipinski definition) is 7. The van der Waals surface area contributed by atoms with Crippen LogP contribution in [0.15, 0.2) is 58.5 Å². The summed E-state index contributed by atoms with van der Waals surface area (Å²) < 4.78 is 10.5. The van der Waals surface area contributed by atoms with Crippen LogP contribution in [0.5, 0.6) is 5.75 Å². The summed E-state index contributed by atoms with van der Waals surface area (Å²) in [5.41, 5.74) is 4.32. The number of nitrogens with zero attached hydrogens (tertiary/aromatic N) is 3. The molecule has 4 rings (SSSR count). The fourth-order valence-electron chi connectivity index (χ4n) is 3.15. The number of hydrogen-bond donors (Lipinski definition) is 0. The van der Waals surface area contributed by atoms with Gasteiger partial charge in [-0.1, -0.05) is 6.07 Å². The minimum absolute atomic E-state index is 0.161. The number of cyclic esters (lactones) is 1. The molecule has 0 spiro atoms. The minimum atomic E-state index is -0.536. The molecule has 1 aliphatic rings. The summed E-state index contributed by atoms with van der Waals surface area (Å²) in [5, 5.41) is 2.25. The Morgan fingerprint density at radius 1 is 1.12 bits per heavy atom. The Kier molecular flexibility index (Phi) is 5.87. The molecular weight excluding hydrogens is 426 g/mol. The zero-order chi connectivity index (χ0) is 22.8. The van der Waals surface area contributed by atoms with E-state index in [2.05, 4.69) is 9.98 Å². The number of thiazole rings is 1. The van der Waals surface area contributed by atoms with E-state index in [-0.39, 0.29) is 17.5 Å². The third kappa shape index (κ3) is 4.31. The molecule has 0 N–H and O–H groups in total. The van der Waals surface area contributed by atoms with Crippen molar-refractivity contribution in [2.45, 2.75) is 20.8 Å². The maximum absolute atomic E-state index is 12.3. The Bertz CT molecular complexity index is 1260. The summed E-state index contributed by atoms with van der Waals surface area (Å²) in [7, 11) is 1.58. The van der Waals surface area contributed by atoms with Gasteiger partial charge in [0.2, 0.25) is 11.8 Å². The first-order valence-electron chi connectivity index (χ1n) is 9.86. The maximum atomic E-state index is 12.3. The van der Waals surface area contributed by atoms with Crippen molar-refractivity contribution in [3.63, 3.8) is 0 Å². The molecule has 1 amide bonds. The van der Waals surface area contributed by atoms with Gasteiger partial charge in [-0.2, -0.15) is 0 Å². The molecule has 0 aliphatic carbocycles. The lowest BCUT2D eigenvalue weighted by atomic mass is 10.1. The molecule has 0 atom stereocenters. The Hall–Kier alpha value is -3.78. The number of esters is 1. The first kappa shape index (κ1) is 21.5. The van der Waals surface area contributed by atoms with Crippen LogP contribution < -0.4 is 9.64 Å². The molecule has 0 saturated heterocycles. The number of aryl methyl sites for hydroxylation is 2. The van der Waals surface area contributed by atoms with Crippen molar-refractivity contribution < 1.29 is 19.1 Å². The molecule has 1 aliphatic heterocycles. The molecule has 162 valence electrons. The molecule has 32 heavy (non-hydrogen) atoms. The van der Waals surface area contributed by atoms with Gasteiger partial charge in [0.25, 0.3) is 0 Å². The van der Waals surface area contributed by atoms with Crippen LogP contribution in [0.25, 0.3) is 6.08 Å². The average molecular weight is 448 g/mol. The predicted molar refractivity (Wildman–Crippen MR) is 124 cm³/mol. The third-order valence-electron chi connectivity index (χ3n) is 5.01. The summed E-state index contributed by atoms with van der Waals surface area (Å²) in [6.45, 7) is 5.48. The lowest BCUT2D eigenvalue weighted by Crippen LogP contribution is -2.22. The Morgan fingerprint density at radius 2 is 1.88 bits per heavy atom. The van der Waals surface area contributed by atoms with E-state index in [0.29, 0.717) is 22.3 Å². The molecule has 2 aromatic carbocycles. The largest absolute Gasteiger partial charge is 0.497 e. The highest BCUT2D eigenvalue weighted by atomic mass is 32.1. The number of amides is 1. The number of aromatic nitrogens is 1. The van der Waals surface area contributed by atoms with Crippen molar-refractivity contribution in [2.75, 3.05) is 12.0 Å². The standard InChI is InChI=1S/C24H21N3O4S/c1-14-5-6-17(11-15(14)2)22-26-21(23(29)31-22)12-18-13-32-24(25-18)27(16(3)28)19-7-9-20(30-4)10-8-19/h5-13H,1-4H3. The van der Waals surface area contributed by atoms with Gasteiger partial charge in [-0.05, 0) is 67.4 Å². The van der Waals surface area contributed by atoms with Gasteiger partial charge in [0, 0.05) is 17.9 Å². The molecular formula is C24H21N3O4S. The van der Waals surface area contributed by atoms with Gasteiger partial charge >= 0.3 is 5.97 Å². The number of rotatable bonds is 5. The number of ether oxygens (including phenoxy) is 2. The SMILES string of the molecule is COc1ccc(N(C(C)=O)c2nc(C=C3N=C(c4ccc(C)c(C)c4)OC3=O)cs2)cc1. The van der Waals surface area contributed by atoms with E-state index in [1.165, 1.54) is 23.2 Å². The van der Waals surface area contributed by atoms with Crippen LogP contribution in [0.1, 0.15) is 29.3 Å². The van der Waals surface area contributed by atoms with Crippen LogP contribution in [-0.4, -0.2) is 29.9 Å². The second kappa shape index (κ2) is 8.76. The smallest absolute Gasteiger partial charge is 0.363 e. The first-order chi connectivity index (χ1) is 15.4. The highest BCUT2D eigenvalue weighted by Gasteiger charge is 2.25. The number of methoxy groups -OCH3 is 1. The summed E-state index contributed by atoms with van der Waals surface area (Å²) in [4.78, 5) is 35.0. The number of aliphatic imine (C=N–C) groups is 1. The minimum Gasteiger partial charge on any atom is -0.497 e. The molecule has 2 heterocycles. The summed E-state index contributed by atoms with van der Waals surface area (Å²) in [5.74, 6) is 0.243. The van der Waals surface area contributed by atoms with Crippen molar-refractivity contribution in [3.05, 3.63) is 75.9 Å². The highest BCUT2D eigenvalue weighted by molar-refractivity contribution is 7.14. The second-order valence-corrected chi connectivity index (χ2v) is 8.08. The van der Waals surface area contributed by atoms with E-state index >= 15 is 0 Å². The van der Waals surface area contributed by atoms with E-state index in [0.717, 1.165) is 16.7 Å². The van der Waals surface area contributed by atoms with Crippen LogP contribution in [0.3, 0.4) is 0 Å². The molecule has 3 aromatic rings. The van der Waals surface area contributed by atoms with Crippen molar-refractivity contribution >= 4 is 46.0 Å². The normalized spacial score (nSPS) is 14.3. The van der Waals surface area contributed by atoms with Crippen LogP contribution >= 0.6 is 11.3 Å². The van der Waals surface area contributed by atoms with Gasteiger partial charge in [0.15, 0.2) is 10.8 Å². The summed E-state index contributed by atoms with van der Waals surface area (Å²) in [6, 6.07) is 12.9. The first-order valence-corrected chi connectivity index (χ1v) is 10.7. The molecule has 0 radical (unpaired) electrons. The molecule has 1 aromatic heterocycles. The van der Waals surface area contributed by atoms with Crippen molar-refractivity contribution in [2.24, 2.45) is 4.99 Å². The number of benzene rings is 2. The van der Waals surface area contributed by atoms with E-state index in [4.69, 9.17) is 9.47 Å². The molecule has 0 fully saturated rings. The fraction of sp³-hybridized carbons (Fsp3) is 0.167. The summed E-state index contributed by atoms with van der Waals surface area (Å²) in [6.07, 6.45) is 1.56. The predicted octanol–water partition coefficient (Wildman–Crippen LogP) is 4.80. The average Bonchev–Trinajstić information content (AvgIpc) is 3.37.